The zero-order valence-corrected chi connectivity index (χ0v) is 8.77. The molecule has 2 heterocycles. The average molecular weight is 212 g/mol. The number of nitrogens with two attached hydrogens (primary N) is 1. The number of anilines is 2. The van der Waals surface area contributed by atoms with Gasteiger partial charge in [-0.1, -0.05) is 10.2 Å². The summed E-state index contributed by atoms with van der Waals surface area (Å²) in [7, 11) is 0. The first kappa shape index (κ1) is 10.2. The number of nitrogens with one attached hydrogen (secondary N) is 1. The number of hydrogen-bond acceptors (Lipinski definition) is 6. The van der Waals surface area contributed by atoms with E-state index >= 15 is 0 Å². The van der Waals surface area contributed by atoms with Gasteiger partial charge in [-0.3, -0.25) is 0 Å². The lowest BCUT2D eigenvalue weighted by atomic mass is 9.93. The Hall–Kier alpha value is -1.30. The third kappa shape index (κ3) is 2.59. The van der Waals surface area contributed by atoms with Crippen LogP contribution in [0.2, 0.25) is 0 Å². The van der Waals surface area contributed by atoms with Crippen molar-refractivity contribution in [1.29, 1.82) is 0 Å². The van der Waals surface area contributed by atoms with E-state index in [-0.39, 0.29) is 6.01 Å². The summed E-state index contributed by atoms with van der Waals surface area (Å²) in [5.74, 6) is 0.590. The third-order valence-electron chi connectivity index (χ3n) is 2.76. The van der Waals surface area contributed by atoms with E-state index in [0.29, 0.717) is 18.0 Å². The van der Waals surface area contributed by atoms with Crippen LogP contribution >= 0.6 is 0 Å². The van der Waals surface area contributed by atoms with E-state index in [1.807, 2.05) is 0 Å². The first-order valence-corrected chi connectivity index (χ1v) is 5.19. The van der Waals surface area contributed by atoms with Crippen molar-refractivity contribution in [3.63, 3.8) is 0 Å². The van der Waals surface area contributed by atoms with E-state index < -0.39 is 0 Å². The van der Waals surface area contributed by atoms with Gasteiger partial charge in [-0.05, 0) is 25.7 Å². The molecule has 0 amide bonds. The molecule has 1 unspecified atom stereocenters. The highest BCUT2D eigenvalue weighted by Gasteiger charge is 2.21. The first-order valence-electron chi connectivity index (χ1n) is 5.19. The zero-order valence-electron chi connectivity index (χ0n) is 8.77. The maximum Gasteiger partial charge on any atom is 0.317 e. The Morgan fingerprint density at radius 3 is 2.73 bits per heavy atom. The minimum Gasteiger partial charge on any atom is -0.390 e. The molecule has 1 fully saturated rings. The highest BCUT2D eigenvalue weighted by atomic mass is 16.5. The minimum absolute atomic E-state index is 0.0941. The summed E-state index contributed by atoms with van der Waals surface area (Å²) in [5, 5.41) is 10.5. The van der Waals surface area contributed by atoms with Crippen LogP contribution < -0.4 is 11.1 Å². The van der Waals surface area contributed by atoms with Crippen molar-refractivity contribution in [2.75, 3.05) is 24.3 Å². The highest BCUT2D eigenvalue weighted by molar-refractivity contribution is 5.24. The Labute approximate surface area is 88.2 Å². The SMILES string of the molecule is CC(Nc1nnc(N)o1)C1CCOCC1. The Balaban J connectivity index is 1.88. The van der Waals surface area contributed by atoms with Crippen LogP contribution in [0.3, 0.4) is 0 Å². The quantitative estimate of drug-likeness (QED) is 0.773. The lowest BCUT2D eigenvalue weighted by molar-refractivity contribution is 0.0620. The number of rotatable bonds is 3. The Morgan fingerprint density at radius 2 is 2.13 bits per heavy atom. The van der Waals surface area contributed by atoms with Crippen molar-refractivity contribution in [2.24, 2.45) is 5.92 Å². The van der Waals surface area contributed by atoms with E-state index in [9.17, 15) is 0 Å². The minimum atomic E-state index is 0.0941. The second-order valence-electron chi connectivity index (χ2n) is 3.83. The number of nitrogens with zero attached hydrogens (tertiary/aromatic N) is 2. The fourth-order valence-corrected chi connectivity index (χ4v) is 1.82. The molecule has 1 atom stereocenters. The Morgan fingerprint density at radius 1 is 1.40 bits per heavy atom. The van der Waals surface area contributed by atoms with E-state index in [0.717, 1.165) is 26.1 Å². The monoisotopic (exact) mass is 212 g/mol. The van der Waals surface area contributed by atoms with Crippen molar-refractivity contribution in [3.05, 3.63) is 0 Å². The summed E-state index contributed by atoms with van der Waals surface area (Å²) in [6.45, 7) is 3.78. The van der Waals surface area contributed by atoms with Gasteiger partial charge >= 0.3 is 12.0 Å². The van der Waals surface area contributed by atoms with Crippen molar-refractivity contribution in [2.45, 2.75) is 25.8 Å². The van der Waals surface area contributed by atoms with Crippen LogP contribution in [-0.4, -0.2) is 29.5 Å². The van der Waals surface area contributed by atoms with E-state index in [1.165, 1.54) is 0 Å². The molecular weight excluding hydrogens is 196 g/mol. The highest BCUT2D eigenvalue weighted by Crippen LogP contribution is 2.21. The van der Waals surface area contributed by atoms with Crippen LogP contribution in [0.1, 0.15) is 19.8 Å². The van der Waals surface area contributed by atoms with Crippen molar-refractivity contribution in [1.82, 2.24) is 10.2 Å². The van der Waals surface area contributed by atoms with Crippen LogP contribution in [0.25, 0.3) is 0 Å². The van der Waals surface area contributed by atoms with E-state index in [4.69, 9.17) is 14.9 Å². The standard InChI is InChI=1S/C9H16N4O2/c1-6(7-2-4-14-5-3-7)11-9-13-12-8(10)15-9/h6-7H,2-5H2,1H3,(H2,10,12)(H,11,13). The summed E-state index contributed by atoms with van der Waals surface area (Å²) in [4.78, 5) is 0. The molecule has 1 aromatic rings. The molecule has 84 valence electrons. The molecule has 0 saturated carbocycles. The van der Waals surface area contributed by atoms with Crippen LogP contribution in [0.4, 0.5) is 12.0 Å². The lowest BCUT2D eigenvalue weighted by Crippen LogP contribution is -2.31. The predicted molar refractivity (Wildman–Crippen MR) is 55.3 cm³/mol. The van der Waals surface area contributed by atoms with Crippen molar-refractivity contribution in [3.8, 4) is 0 Å². The van der Waals surface area contributed by atoms with Gasteiger partial charge in [0.05, 0.1) is 0 Å². The van der Waals surface area contributed by atoms with Gasteiger partial charge in [0.1, 0.15) is 0 Å². The topological polar surface area (TPSA) is 86.2 Å². The van der Waals surface area contributed by atoms with Crippen LogP contribution in [-0.2, 0) is 4.74 Å². The van der Waals surface area contributed by atoms with Gasteiger partial charge in [0.25, 0.3) is 0 Å². The predicted octanol–water partition coefficient (Wildman–Crippen LogP) is 0.879. The maximum absolute atomic E-state index is 5.33. The third-order valence-corrected chi connectivity index (χ3v) is 2.76. The maximum atomic E-state index is 5.33. The number of hydrogen-bond donors (Lipinski definition) is 2. The van der Waals surface area contributed by atoms with Crippen LogP contribution in [0.5, 0.6) is 0 Å². The molecule has 2 rings (SSSR count). The van der Waals surface area contributed by atoms with Gasteiger partial charge in [-0.2, -0.15) is 0 Å². The molecule has 1 aliphatic heterocycles. The molecule has 1 saturated heterocycles. The Kier molecular flexibility index (Phi) is 3.05. The van der Waals surface area contributed by atoms with Gasteiger partial charge in [0.2, 0.25) is 0 Å². The zero-order chi connectivity index (χ0) is 10.7. The van der Waals surface area contributed by atoms with Crippen molar-refractivity contribution >= 4 is 12.0 Å². The number of nitrogen functional groups attached to an aromatic ring is 1. The molecule has 1 aliphatic rings. The van der Waals surface area contributed by atoms with E-state index in [2.05, 4.69) is 22.4 Å². The summed E-state index contributed by atoms with van der Waals surface area (Å²) in [6, 6.07) is 0.789. The van der Waals surface area contributed by atoms with Crippen LogP contribution in [0.15, 0.2) is 4.42 Å². The molecule has 15 heavy (non-hydrogen) atoms. The largest absolute Gasteiger partial charge is 0.390 e. The second kappa shape index (κ2) is 4.48. The molecule has 0 aromatic carbocycles. The molecular formula is C9H16N4O2. The molecule has 1 aromatic heterocycles. The van der Waals surface area contributed by atoms with Crippen LogP contribution in [0, 0.1) is 5.92 Å². The lowest BCUT2D eigenvalue weighted by Gasteiger charge is -2.27. The van der Waals surface area contributed by atoms with Gasteiger partial charge in [-0.25, -0.2) is 0 Å². The first-order chi connectivity index (χ1) is 7.25. The number of ether oxygens (including phenoxy) is 1. The average Bonchev–Trinajstić information content (AvgIpc) is 2.65. The van der Waals surface area contributed by atoms with Gasteiger partial charge in [0.15, 0.2) is 0 Å². The fourth-order valence-electron chi connectivity index (χ4n) is 1.82. The van der Waals surface area contributed by atoms with Gasteiger partial charge < -0.3 is 20.2 Å². The fraction of sp³-hybridized carbons (Fsp3) is 0.778. The molecule has 6 nitrogen and oxygen atoms in total. The summed E-state index contributed by atoms with van der Waals surface area (Å²) in [5.41, 5.74) is 5.33. The van der Waals surface area contributed by atoms with Gasteiger partial charge in [0, 0.05) is 19.3 Å². The van der Waals surface area contributed by atoms with Gasteiger partial charge in [-0.15, -0.1) is 0 Å². The second-order valence-corrected chi connectivity index (χ2v) is 3.83. The smallest absolute Gasteiger partial charge is 0.317 e. The summed E-state index contributed by atoms with van der Waals surface area (Å²) >= 11 is 0. The molecule has 0 radical (unpaired) electrons. The molecule has 0 bridgehead atoms. The molecule has 6 heteroatoms. The molecule has 0 spiro atoms. The Bertz CT molecular complexity index is 309. The molecule has 0 aliphatic carbocycles. The summed E-state index contributed by atoms with van der Waals surface area (Å²) < 4.78 is 10.4. The summed E-state index contributed by atoms with van der Waals surface area (Å²) in [6.07, 6.45) is 2.13. The van der Waals surface area contributed by atoms with Crippen molar-refractivity contribution < 1.29 is 9.15 Å². The number of aromatic nitrogens is 2. The van der Waals surface area contributed by atoms with E-state index in [1.54, 1.807) is 0 Å². The molecule has 3 N–H and O–H groups in total. The normalized spacial score (nSPS) is 20.1.